The number of guanidine groups is 1. The summed E-state index contributed by atoms with van der Waals surface area (Å²) >= 11 is 1.75. The molecule has 2 aromatic rings. The van der Waals surface area contributed by atoms with Crippen molar-refractivity contribution in [1.29, 1.82) is 0 Å². The molecule has 1 aliphatic carbocycles. The van der Waals surface area contributed by atoms with Crippen molar-refractivity contribution in [3.63, 3.8) is 0 Å². The average Bonchev–Trinajstić information content (AvgIpc) is 3.17. The Morgan fingerprint density at radius 1 is 1.13 bits per heavy atom. The SMILES string of the molecule is CCNC(=NCc1cccs1)NCC1(c2ccccc2)CC1.I. The van der Waals surface area contributed by atoms with E-state index in [9.17, 15) is 0 Å². The molecule has 0 aliphatic heterocycles. The predicted octanol–water partition coefficient (Wildman–Crippen LogP) is 4.15. The number of hydrogen-bond donors (Lipinski definition) is 2. The molecule has 1 aromatic carbocycles. The Kier molecular flexibility index (Phi) is 6.89. The Bertz CT molecular complexity index is 606. The average molecular weight is 441 g/mol. The zero-order valence-corrected chi connectivity index (χ0v) is 16.6. The van der Waals surface area contributed by atoms with Gasteiger partial charge in [-0.1, -0.05) is 36.4 Å². The van der Waals surface area contributed by atoms with E-state index < -0.39 is 0 Å². The first kappa shape index (κ1) is 18.3. The van der Waals surface area contributed by atoms with Crippen LogP contribution in [0.25, 0.3) is 0 Å². The van der Waals surface area contributed by atoms with Gasteiger partial charge in [-0.05, 0) is 36.8 Å². The lowest BCUT2D eigenvalue weighted by Crippen LogP contribution is -2.41. The lowest BCUT2D eigenvalue weighted by Gasteiger charge is -2.19. The molecule has 1 fully saturated rings. The first-order valence-electron chi connectivity index (χ1n) is 7.92. The Balaban J connectivity index is 0.00000192. The van der Waals surface area contributed by atoms with Crippen LogP contribution in [0.4, 0.5) is 0 Å². The fourth-order valence-corrected chi connectivity index (χ4v) is 3.29. The topological polar surface area (TPSA) is 36.4 Å². The summed E-state index contributed by atoms with van der Waals surface area (Å²) in [6, 6.07) is 15.0. The summed E-state index contributed by atoms with van der Waals surface area (Å²) in [6.07, 6.45) is 2.52. The van der Waals surface area contributed by atoms with Gasteiger partial charge < -0.3 is 10.6 Å². The quantitative estimate of drug-likeness (QED) is 0.402. The molecule has 2 N–H and O–H groups in total. The van der Waals surface area contributed by atoms with Crippen LogP contribution >= 0.6 is 35.3 Å². The van der Waals surface area contributed by atoms with E-state index in [1.165, 1.54) is 23.3 Å². The standard InChI is InChI=1S/C18H23N3S.HI/c1-2-19-17(20-13-16-9-6-12-22-16)21-14-18(10-11-18)15-7-4-3-5-8-15;/h3-9,12H,2,10-11,13-14H2,1H3,(H2,19,20,21);1H. The minimum Gasteiger partial charge on any atom is -0.357 e. The predicted molar refractivity (Wildman–Crippen MR) is 110 cm³/mol. The maximum atomic E-state index is 4.69. The van der Waals surface area contributed by atoms with E-state index in [2.05, 4.69) is 70.4 Å². The van der Waals surface area contributed by atoms with Gasteiger partial charge in [-0.3, -0.25) is 0 Å². The smallest absolute Gasteiger partial charge is 0.191 e. The van der Waals surface area contributed by atoms with Gasteiger partial charge in [0.15, 0.2) is 5.96 Å². The molecule has 0 bridgehead atoms. The lowest BCUT2D eigenvalue weighted by atomic mass is 9.96. The zero-order chi connectivity index (χ0) is 15.3. The highest BCUT2D eigenvalue weighted by Crippen LogP contribution is 2.47. The summed E-state index contributed by atoms with van der Waals surface area (Å²) < 4.78 is 0. The molecule has 0 amide bonds. The van der Waals surface area contributed by atoms with Gasteiger partial charge in [0.2, 0.25) is 0 Å². The lowest BCUT2D eigenvalue weighted by molar-refractivity contribution is 0.646. The second kappa shape index (κ2) is 8.68. The molecule has 1 aromatic heterocycles. The Hall–Kier alpha value is -1.08. The van der Waals surface area contributed by atoms with E-state index in [1.54, 1.807) is 11.3 Å². The number of benzene rings is 1. The molecule has 3 nitrogen and oxygen atoms in total. The molecule has 5 heteroatoms. The maximum absolute atomic E-state index is 4.69. The summed E-state index contributed by atoms with van der Waals surface area (Å²) in [7, 11) is 0. The molecule has 3 rings (SSSR count). The minimum absolute atomic E-state index is 0. The number of aliphatic imine (C=N–C) groups is 1. The second-order valence-corrected chi connectivity index (χ2v) is 6.81. The summed E-state index contributed by atoms with van der Waals surface area (Å²) in [4.78, 5) is 5.98. The summed E-state index contributed by atoms with van der Waals surface area (Å²) in [5, 5.41) is 8.97. The van der Waals surface area contributed by atoms with Crippen molar-refractivity contribution in [3.05, 3.63) is 58.3 Å². The molecule has 0 radical (unpaired) electrons. The molecule has 1 heterocycles. The van der Waals surface area contributed by atoms with Crippen LogP contribution in [-0.4, -0.2) is 19.0 Å². The third kappa shape index (κ3) is 4.94. The summed E-state index contributed by atoms with van der Waals surface area (Å²) in [5.74, 6) is 0.915. The first-order chi connectivity index (χ1) is 10.8. The molecule has 0 spiro atoms. The van der Waals surface area contributed by atoms with Crippen LogP contribution in [0.5, 0.6) is 0 Å². The third-order valence-electron chi connectivity index (χ3n) is 4.15. The maximum Gasteiger partial charge on any atom is 0.191 e. The zero-order valence-electron chi connectivity index (χ0n) is 13.4. The van der Waals surface area contributed by atoms with Gasteiger partial charge in [0.25, 0.3) is 0 Å². The number of halogens is 1. The Morgan fingerprint density at radius 2 is 1.91 bits per heavy atom. The van der Waals surface area contributed by atoms with Gasteiger partial charge >= 0.3 is 0 Å². The highest BCUT2D eigenvalue weighted by Gasteiger charge is 2.43. The molecule has 23 heavy (non-hydrogen) atoms. The minimum atomic E-state index is 0. The fraction of sp³-hybridized carbons (Fsp3) is 0.389. The van der Waals surface area contributed by atoms with Crippen molar-refractivity contribution in [2.75, 3.05) is 13.1 Å². The molecule has 0 saturated heterocycles. The third-order valence-corrected chi connectivity index (χ3v) is 5.01. The van der Waals surface area contributed by atoms with E-state index in [1.807, 2.05) is 0 Å². The van der Waals surface area contributed by atoms with Gasteiger partial charge in [0, 0.05) is 23.4 Å². The van der Waals surface area contributed by atoms with Crippen LogP contribution in [0.15, 0.2) is 52.8 Å². The van der Waals surface area contributed by atoms with Gasteiger partial charge in [-0.2, -0.15) is 0 Å². The van der Waals surface area contributed by atoms with E-state index in [4.69, 9.17) is 0 Å². The highest BCUT2D eigenvalue weighted by molar-refractivity contribution is 14.0. The summed E-state index contributed by atoms with van der Waals surface area (Å²) in [6.45, 7) is 4.68. The van der Waals surface area contributed by atoms with Crippen LogP contribution in [0.1, 0.15) is 30.2 Å². The molecule has 0 atom stereocenters. The van der Waals surface area contributed by atoms with Crippen LogP contribution in [0.3, 0.4) is 0 Å². The molecule has 0 unspecified atom stereocenters. The van der Waals surface area contributed by atoms with Crippen LogP contribution in [-0.2, 0) is 12.0 Å². The second-order valence-electron chi connectivity index (χ2n) is 5.77. The number of nitrogens with zero attached hydrogens (tertiary/aromatic N) is 1. The Labute approximate surface area is 159 Å². The number of rotatable bonds is 6. The molecular weight excluding hydrogens is 417 g/mol. The molecule has 124 valence electrons. The van der Waals surface area contributed by atoms with E-state index in [0.29, 0.717) is 5.41 Å². The normalized spacial score (nSPS) is 15.6. The van der Waals surface area contributed by atoms with Crippen molar-refractivity contribution < 1.29 is 0 Å². The Morgan fingerprint density at radius 3 is 2.52 bits per heavy atom. The van der Waals surface area contributed by atoms with E-state index >= 15 is 0 Å². The van der Waals surface area contributed by atoms with Crippen molar-refractivity contribution in [2.24, 2.45) is 4.99 Å². The van der Waals surface area contributed by atoms with Crippen molar-refractivity contribution in [1.82, 2.24) is 10.6 Å². The van der Waals surface area contributed by atoms with Crippen LogP contribution in [0.2, 0.25) is 0 Å². The fourth-order valence-electron chi connectivity index (χ4n) is 2.66. The largest absolute Gasteiger partial charge is 0.357 e. The van der Waals surface area contributed by atoms with Crippen LogP contribution < -0.4 is 10.6 Å². The van der Waals surface area contributed by atoms with Gasteiger partial charge in [-0.25, -0.2) is 4.99 Å². The van der Waals surface area contributed by atoms with E-state index in [-0.39, 0.29) is 24.0 Å². The van der Waals surface area contributed by atoms with Gasteiger partial charge in [-0.15, -0.1) is 35.3 Å². The summed E-state index contributed by atoms with van der Waals surface area (Å²) in [5.41, 5.74) is 1.75. The molecular formula is C18H24IN3S. The molecule has 1 saturated carbocycles. The van der Waals surface area contributed by atoms with Gasteiger partial charge in [0.1, 0.15) is 0 Å². The molecule has 1 aliphatic rings. The van der Waals surface area contributed by atoms with Gasteiger partial charge in [0.05, 0.1) is 6.54 Å². The van der Waals surface area contributed by atoms with Crippen LogP contribution in [0, 0.1) is 0 Å². The number of nitrogens with one attached hydrogen (secondary N) is 2. The highest BCUT2D eigenvalue weighted by atomic mass is 127. The first-order valence-corrected chi connectivity index (χ1v) is 8.80. The number of hydrogen-bond acceptors (Lipinski definition) is 2. The van der Waals surface area contributed by atoms with Crippen molar-refractivity contribution in [2.45, 2.75) is 31.7 Å². The number of thiophene rings is 1. The van der Waals surface area contributed by atoms with Crippen molar-refractivity contribution >= 4 is 41.3 Å². The monoisotopic (exact) mass is 441 g/mol. The van der Waals surface area contributed by atoms with Crippen molar-refractivity contribution in [3.8, 4) is 0 Å². The van der Waals surface area contributed by atoms with E-state index in [0.717, 1.165) is 25.6 Å².